The van der Waals surface area contributed by atoms with Crippen molar-refractivity contribution in [1.29, 1.82) is 0 Å². The van der Waals surface area contributed by atoms with Crippen LogP contribution < -0.4 is 5.32 Å². The van der Waals surface area contributed by atoms with Gasteiger partial charge in [-0.1, -0.05) is 33.6 Å². The van der Waals surface area contributed by atoms with Crippen LogP contribution in [0.25, 0.3) is 0 Å². The molecular formula is C14H12BrClN2O2. The largest absolute Gasteiger partial charge is 0.375 e. The second-order valence-corrected chi connectivity index (χ2v) is 5.70. The third kappa shape index (κ3) is 3.49. The summed E-state index contributed by atoms with van der Waals surface area (Å²) in [5, 5.41) is 14.8. The first kappa shape index (κ1) is 14.8. The molecule has 0 aliphatic carbocycles. The van der Waals surface area contributed by atoms with Gasteiger partial charge in [0.25, 0.3) is 5.69 Å². The first-order valence-electron chi connectivity index (χ1n) is 5.90. The first-order chi connectivity index (χ1) is 9.47. The molecule has 0 aliphatic heterocycles. The standard InChI is InChI=1S/C14H12BrClN2O2/c1-9-6-12(16)4-2-10(9)8-17-13-5-3-11(15)7-14(13)18(19)20/h2-7,17H,8H2,1H3. The van der Waals surface area contributed by atoms with E-state index in [1.807, 2.05) is 25.1 Å². The van der Waals surface area contributed by atoms with Crippen LogP contribution in [-0.2, 0) is 6.54 Å². The SMILES string of the molecule is Cc1cc(Cl)ccc1CNc1ccc(Br)cc1[N+](=O)[O-]. The van der Waals surface area contributed by atoms with Crippen molar-refractivity contribution in [3.63, 3.8) is 0 Å². The van der Waals surface area contributed by atoms with Crippen LogP contribution in [-0.4, -0.2) is 4.92 Å². The molecule has 0 spiro atoms. The van der Waals surface area contributed by atoms with Gasteiger partial charge in [0, 0.05) is 22.1 Å². The third-order valence-corrected chi connectivity index (χ3v) is 3.66. The van der Waals surface area contributed by atoms with Crippen LogP contribution in [0.2, 0.25) is 5.02 Å². The molecule has 2 aromatic carbocycles. The number of halogens is 2. The smallest absolute Gasteiger partial charge is 0.293 e. The van der Waals surface area contributed by atoms with Crippen LogP contribution in [0.1, 0.15) is 11.1 Å². The maximum Gasteiger partial charge on any atom is 0.293 e. The lowest BCUT2D eigenvalue weighted by molar-refractivity contribution is -0.384. The Bertz CT molecular complexity index is 662. The van der Waals surface area contributed by atoms with E-state index in [1.165, 1.54) is 6.07 Å². The van der Waals surface area contributed by atoms with Gasteiger partial charge in [-0.3, -0.25) is 10.1 Å². The lowest BCUT2D eigenvalue weighted by Gasteiger charge is -2.10. The van der Waals surface area contributed by atoms with Crippen LogP contribution in [0, 0.1) is 17.0 Å². The minimum absolute atomic E-state index is 0.0472. The summed E-state index contributed by atoms with van der Waals surface area (Å²) in [6, 6.07) is 10.5. The molecule has 0 atom stereocenters. The monoisotopic (exact) mass is 354 g/mol. The highest BCUT2D eigenvalue weighted by atomic mass is 79.9. The Balaban J connectivity index is 2.20. The van der Waals surface area contributed by atoms with Gasteiger partial charge in [-0.25, -0.2) is 0 Å². The number of nitrogens with one attached hydrogen (secondary N) is 1. The van der Waals surface area contributed by atoms with Crippen molar-refractivity contribution in [3.8, 4) is 0 Å². The van der Waals surface area contributed by atoms with E-state index in [-0.39, 0.29) is 5.69 Å². The van der Waals surface area contributed by atoms with E-state index >= 15 is 0 Å². The number of anilines is 1. The Labute approximate surface area is 130 Å². The molecule has 0 saturated heterocycles. The van der Waals surface area contributed by atoms with Gasteiger partial charge in [0.15, 0.2) is 0 Å². The zero-order valence-electron chi connectivity index (χ0n) is 10.7. The van der Waals surface area contributed by atoms with Crippen molar-refractivity contribution in [3.05, 3.63) is 67.1 Å². The van der Waals surface area contributed by atoms with Gasteiger partial charge < -0.3 is 5.32 Å². The quantitative estimate of drug-likeness (QED) is 0.625. The lowest BCUT2D eigenvalue weighted by atomic mass is 10.1. The van der Waals surface area contributed by atoms with Crippen molar-refractivity contribution in [2.75, 3.05) is 5.32 Å². The molecule has 0 fully saturated rings. The summed E-state index contributed by atoms with van der Waals surface area (Å²) < 4.78 is 0.678. The molecule has 0 saturated carbocycles. The van der Waals surface area contributed by atoms with Crippen LogP contribution >= 0.6 is 27.5 Å². The summed E-state index contributed by atoms with van der Waals surface area (Å²) in [6.07, 6.45) is 0. The fraction of sp³-hybridized carbons (Fsp3) is 0.143. The van der Waals surface area contributed by atoms with Crippen LogP contribution in [0.5, 0.6) is 0 Å². The predicted octanol–water partition coefficient (Wildman–Crippen LogP) is 4.93. The molecular weight excluding hydrogens is 344 g/mol. The number of nitro groups is 1. The van der Waals surface area contributed by atoms with E-state index in [0.29, 0.717) is 21.7 Å². The highest BCUT2D eigenvalue weighted by molar-refractivity contribution is 9.10. The number of hydrogen-bond acceptors (Lipinski definition) is 3. The van der Waals surface area contributed by atoms with Crippen molar-refractivity contribution in [2.24, 2.45) is 0 Å². The third-order valence-electron chi connectivity index (χ3n) is 2.93. The van der Waals surface area contributed by atoms with Gasteiger partial charge in [-0.2, -0.15) is 0 Å². The van der Waals surface area contributed by atoms with Crippen molar-refractivity contribution >= 4 is 38.9 Å². The number of hydrogen-bond donors (Lipinski definition) is 1. The summed E-state index contributed by atoms with van der Waals surface area (Å²) in [5.41, 5.74) is 2.63. The van der Waals surface area contributed by atoms with Gasteiger partial charge in [0.2, 0.25) is 0 Å². The summed E-state index contributed by atoms with van der Waals surface area (Å²) in [7, 11) is 0. The molecule has 104 valence electrons. The van der Waals surface area contributed by atoms with E-state index in [9.17, 15) is 10.1 Å². The molecule has 0 unspecified atom stereocenters. The highest BCUT2D eigenvalue weighted by Gasteiger charge is 2.14. The molecule has 2 aromatic rings. The molecule has 0 bridgehead atoms. The topological polar surface area (TPSA) is 55.2 Å². The zero-order chi connectivity index (χ0) is 14.7. The zero-order valence-corrected chi connectivity index (χ0v) is 13.0. The number of rotatable bonds is 4. The van der Waals surface area contributed by atoms with Crippen LogP contribution in [0.3, 0.4) is 0 Å². The lowest BCUT2D eigenvalue weighted by Crippen LogP contribution is -2.04. The Morgan fingerprint density at radius 2 is 2.05 bits per heavy atom. The number of benzene rings is 2. The summed E-state index contributed by atoms with van der Waals surface area (Å²) in [4.78, 5) is 10.6. The molecule has 6 heteroatoms. The molecule has 4 nitrogen and oxygen atoms in total. The fourth-order valence-corrected chi connectivity index (χ4v) is 2.43. The van der Waals surface area contributed by atoms with Crippen molar-refractivity contribution in [1.82, 2.24) is 0 Å². The number of nitrogens with zero attached hydrogens (tertiary/aromatic N) is 1. The fourth-order valence-electron chi connectivity index (χ4n) is 1.85. The Morgan fingerprint density at radius 1 is 1.30 bits per heavy atom. The molecule has 2 rings (SSSR count). The van der Waals surface area contributed by atoms with E-state index in [1.54, 1.807) is 12.1 Å². The van der Waals surface area contributed by atoms with Gasteiger partial charge in [0.05, 0.1) is 4.92 Å². The van der Waals surface area contributed by atoms with Crippen LogP contribution in [0.4, 0.5) is 11.4 Å². The first-order valence-corrected chi connectivity index (χ1v) is 7.07. The average molecular weight is 356 g/mol. The molecule has 1 N–H and O–H groups in total. The molecule has 20 heavy (non-hydrogen) atoms. The molecule has 0 aliphatic rings. The van der Waals surface area contributed by atoms with Crippen LogP contribution in [0.15, 0.2) is 40.9 Å². The van der Waals surface area contributed by atoms with E-state index in [2.05, 4.69) is 21.2 Å². The van der Waals surface area contributed by atoms with Gasteiger partial charge >= 0.3 is 0 Å². The van der Waals surface area contributed by atoms with Gasteiger partial charge in [-0.05, 0) is 42.3 Å². The van der Waals surface area contributed by atoms with Gasteiger partial charge in [-0.15, -0.1) is 0 Å². The van der Waals surface area contributed by atoms with E-state index < -0.39 is 4.92 Å². The maximum absolute atomic E-state index is 11.0. The Kier molecular flexibility index (Phi) is 4.62. The second kappa shape index (κ2) is 6.24. The molecule has 0 aromatic heterocycles. The minimum Gasteiger partial charge on any atom is -0.375 e. The normalized spacial score (nSPS) is 10.3. The number of aryl methyl sites for hydroxylation is 1. The molecule has 0 amide bonds. The maximum atomic E-state index is 11.0. The minimum atomic E-state index is -0.401. The summed E-state index contributed by atoms with van der Waals surface area (Å²) >= 11 is 9.14. The predicted molar refractivity (Wildman–Crippen MR) is 84.3 cm³/mol. The summed E-state index contributed by atoms with van der Waals surface area (Å²) in [5.74, 6) is 0. The van der Waals surface area contributed by atoms with E-state index in [4.69, 9.17) is 11.6 Å². The molecule has 0 radical (unpaired) electrons. The Morgan fingerprint density at radius 3 is 2.70 bits per heavy atom. The highest BCUT2D eigenvalue weighted by Crippen LogP contribution is 2.28. The average Bonchev–Trinajstić information content (AvgIpc) is 2.38. The second-order valence-electron chi connectivity index (χ2n) is 4.34. The van der Waals surface area contributed by atoms with Gasteiger partial charge in [0.1, 0.15) is 5.69 Å². The summed E-state index contributed by atoms with van der Waals surface area (Å²) in [6.45, 7) is 2.46. The molecule has 0 heterocycles. The van der Waals surface area contributed by atoms with Crippen molar-refractivity contribution in [2.45, 2.75) is 13.5 Å². The number of nitro benzene ring substituents is 1. The van der Waals surface area contributed by atoms with Crippen molar-refractivity contribution < 1.29 is 4.92 Å². The Hall–Kier alpha value is -1.59. The van der Waals surface area contributed by atoms with E-state index in [0.717, 1.165) is 11.1 Å².